The van der Waals surface area contributed by atoms with Crippen LogP contribution in [0.5, 0.6) is 0 Å². The summed E-state index contributed by atoms with van der Waals surface area (Å²) >= 11 is 0. The molecule has 0 radical (unpaired) electrons. The normalized spacial score (nSPS) is 14.0. The number of hydroxylamine groups is 2. The molecule has 2 aromatic rings. The van der Waals surface area contributed by atoms with Gasteiger partial charge in [0.25, 0.3) is 23.6 Å². The molecule has 19 heteroatoms. The summed E-state index contributed by atoms with van der Waals surface area (Å²) in [5, 5.41) is 30.3. The zero-order chi connectivity index (χ0) is 47.8. The van der Waals surface area contributed by atoms with E-state index >= 15 is 0 Å². The molecule has 2 unspecified atom stereocenters. The van der Waals surface area contributed by atoms with E-state index in [2.05, 4.69) is 26.3 Å². The molecule has 0 bridgehead atoms. The molecule has 2 aromatic carbocycles. The number of aliphatic imine (C=N–C) groups is 1. The molecule has 2 atom stereocenters. The summed E-state index contributed by atoms with van der Waals surface area (Å²) in [5.74, 6) is -5.59. The molecular formula is C45H61N7O12. The molecule has 3 rings (SSSR count). The van der Waals surface area contributed by atoms with Gasteiger partial charge in [0.1, 0.15) is 17.8 Å². The van der Waals surface area contributed by atoms with E-state index in [1.165, 1.54) is 19.2 Å². The highest BCUT2D eigenvalue weighted by atomic mass is 16.7. The lowest BCUT2D eigenvalue weighted by atomic mass is 10.0. The Hall–Kier alpha value is -6.47. The van der Waals surface area contributed by atoms with Crippen molar-refractivity contribution in [2.24, 2.45) is 4.99 Å². The Morgan fingerprint density at radius 2 is 1.39 bits per heavy atom. The fraction of sp³-hybridized carbons (Fsp3) is 0.489. The van der Waals surface area contributed by atoms with E-state index in [9.17, 15) is 48.6 Å². The Kier molecular flexibility index (Phi) is 19.3. The number of carbonyl (C=O) groups excluding carboxylic acids is 6. The maximum atomic E-state index is 12.9. The maximum Gasteiger partial charge on any atom is 0.326 e. The highest BCUT2D eigenvalue weighted by Crippen LogP contribution is 2.28. The number of ether oxygens (including phenoxy) is 1. The Morgan fingerprint density at radius 3 is 1.97 bits per heavy atom. The number of nitrogens with one attached hydrogen (secondary N) is 4. The quantitative estimate of drug-likeness (QED) is 0.0444. The first-order chi connectivity index (χ1) is 30.0. The number of amides is 6. The lowest BCUT2D eigenvalue weighted by Gasteiger charge is -2.31. The minimum atomic E-state index is -1.43. The van der Waals surface area contributed by atoms with Crippen molar-refractivity contribution in [3.05, 3.63) is 77.1 Å². The second kappa shape index (κ2) is 23.8. The van der Waals surface area contributed by atoms with Crippen LogP contribution in [0.3, 0.4) is 0 Å². The molecule has 64 heavy (non-hydrogen) atoms. The minimum Gasteiger partial charge on any atom is -0.480 e. The minimum absolute atomic E-state index is 0.0629. The number of anilines is 1. The molecule has 0 fully saturated rings. The van der Waals surface area contributed by atoms with Crippen LogP contribution < -0.4 is 26.2 Å². The lowest BCUT2D eigenvalue weighted by molar-refractivity contribution is -0.184. The average Bonchev–Trinajstić information content (AvgIpc) is 3.47. The van der Waals surface area contributed by atoms with E-state index in [-0.39, 0.29) is 73.1 Å². The molecule has 0 aromatic heterocycles. The molecule has 19 nitrogen and oxygen atoms in total. The molecule has 6 amide bonds. The number of allylic oxidation sites excluding steroid dienone is 1. The van der Waals surface area contributed by atoms with Crippen LogP contribution in [0.25, 0.3) is 0 Å². The van der Waals surface area contributed by atoms with Crippen LogP contribution in [0, 0.1) is 0 Å². The number of nitrogens with zero attached hydrogens (tertiary/aromatic N) is 3. The zero-order valence-corrected chi connectivity index (χ0v) is 37.7. The molecular weight excluding hydrogens is 831 g/mol. The maximum absolute atomic E-state index is 12.9. The summed E-state index contributed by atoms with van der Waals surface area (Å²) in [6.45, 7) is 11.0. The summed E-state index contributed by atoms with van der Waals surface area (Å²) in [6.07, 6.45) is 2.79. The fourth-order valence-corrected chi connectivity index (χ4v) is 6.42. The Balaban J connectivity index is 1.35. The van der Waals surface area contributed by atoms with E-state index in [1.54, 1.807) is 82.2 Å². The van der Waals surface area contributed by atoms with Crippen molar-refractivity contribution in [3.63, 3.8) is 0 Å². The first kappa shape index (κ1) is 51.9. The summed E-state index contributed by atoms with van der Waals surface area (Å²) < 4.78 is 6.03. The van der Waals surface area contributed by atoms with Crippen LogP contribution in [0.15, 0.2) is 65.4 Å². The van der Waals surface area contributed by atoms with Crippen LogP contribution in [0.2, 0.25) is 0 Å². The van der Waals surface area contributed by atoms with Crippen molar-refractivity contribution < 1.29 is 58.1 Å². The number of aliphatic carboxylic acids is 2. The SMILES string of the molecule is CNC(=O)C(C)=N/C(C)=C/N(C)c1ccc(C(=O)NC(CCC(=O)NC(CCCCNC(=O)CCC(C)(C)OCCC(C)(C)ON2C(=O)c3ccccc3C2=O)C(=O)O)C(=O)O)cc1. The van der Waals surface area contributed by atoms with Gasteiger partial charge in [-0.05, 0) is 110 Å². The number of imide groups is 1. The van der Waals surface area contributed by atoms with Gasteiger partial charge in [0.2, 0.25) is 11.8 Å². The Labute approximate surface area is 373 Å². The highest BCUT2D eigenvalue weighted by molar-refractivity contribution is 6.38. The van der Waals surface area contributed by atoms with Crippen molar-refractivity contribution in [1.29, 1.82) is 0 Å². The van der Waals surface area contributed by atoms with Crippen LogP contribution in [0.4, 0.5) is 5.69 Å². The first-order valence-corrected chi connectivity index (χ1v) is 21.0. The summed E-state index contributed by atoms with van der Waals surface area (Å²) in [7, 11) is 3.26. The van der Waals surface area contributed by atoms with Gasteiger partial charge in [-0.25, -0.2) is 9.59 Å². The third-order valence-corrected chi connectivity index (χ3v) is 10.2. The fourth-order valence-electron chi connectivity index (χ4n) is 6.42. The van der Waals surface area contributed by atoms with Crippen LogP contribution in [-0.4, -0.2) is 119 Å². The first-order valence-electron chi connectivity index (χ1n) is 21.0. The molecule has 6 N–H and O–H groups in total. The number of fused-ring (bicyclic) bond motifs is 1. The van der Waals surface area contributed by atoms with E-state index in [0.29, 0.717) is 37.1 Å². The topological polar surface area (TPSA) is 262 Å². The van der Waals surface area contributed by atoms with Crippen molar-refractivity contribution in [3.8, 4) is 0 Å². The van der Waals surface area contributed by atoms with Gasteiger partial charge in [-0.3, -0.25) is 38.6 Å². The van der Waals surface area contributed by atoms with Gasteiger partial charge in [0, 0.05) is 57.4 Å². The number of unbranched alkanes of at least 4 members (excludes halogenated alkanes) is 1. The molecule has 0 saturated heterocycles. The largest absolute Gasteiger partial charge is 0.480 e. The smallest absolute Gasteiger partial charge is 0.326 e. The van der Waals surface area contributed by atoms with Crippen LogP contribution in [-0.2, 0) is 33.5 Å². The van der Waals surface area contributed by atoms with Gasteiger partial charge in [-0.15, -0.1) is 5.06 Å². The number of hydrogen-bond acceptors (Lipinski definition) is 12. The average molecular weight is 892 g/mol. The van der Waals surface area contributed by atoms with Crippen molar-refractivity contribution in [2.45, 2.75) is 116 Å². The number of benzene rings is 2. The highest BCUT2D eigenvalue weighted by Gasteiger charge is 2.40. The molecule has 0 saturated carbocycles. The van der Waals surface area contributed by atoms with Gasteiger partial charge in [0.05, 0.1) is 34.6 Å². The van der Waals surface area contributed by atoms with E-state index in [4.69, 9.17) is 9.57 Å². The third-order valence-electron chi connectivity index (χ3n) is 10.2. The summed E-state index contributed by atoms with van der Waals surface area (Å²) in [4.78, 5) is 111. The molecule has 0 aliphatic carbocycles. The molecule has 1 aliphatic heterocycles. The van der Waals surface area contributed by atoms with E-state index in [0.717, 1.165) is 5.06 Å². The van der Waals surface area contributed by atoms with Crippen LogP contribution >= 0.6 is 0 Å². The number of carboxylic acids is 2. The standard InChI is InChI=1S/C45H61N7O12/c1-28(48-29(2)38(55)46-7)27-51(8)31-18-16-30(17-19-31)39(56)50-35(43(61)62)20-21-37(54)49-34(42(59)60)15-11-12-25-47-36(53)22-23-44(3,4)63-26-24-45(5,6)64-52-40(57)32-13-9-10-14-33(32)41(52)58/h9-10,13-14,16-19,27,34-35H,11-12,15,20-26H2,1-8H3,(H,46,55)(H,47,53)(H,49,54)(H,50,56)(H,59,60)(H,61,62)/b28-27+,48-29?. The lowest BCUT2D eigenvalue weighted by Crippen LogP contribution is -2.44. The van der Waals surface area contributed by atoms with Crippen molar-refractivity contribution >= 4 is 58.8 Å². The van der Waals surface area contributed by atoms with Gasteiger partial charge in [-0.2, -0.15) is 0 Å². The van der Waals surface area contributed by atoms with Crippen molar-refractivity contribution in [1.82, 2.24) is 26.3 Å². The molecule has 0 spiro atoms. The monoisotopic (exact) mass is 891 g/mol. The van der Waals surface area contributed by atoms with Crippen LogP contribution in [0.1, 0.15) is 124 Å². The van der Waals surface area contributed by atoms with E-state index in [1.807, 2.05) is 13.8 Å². The zero-order valence-electron chi connectivity index (χ0n) is 37.7. The van der Waals surface area contributed by atoms with Gasteiger partial charge in [0.15, 0.2) is 0 Å². The van der Waals surface area contributed by atoms with Gasteiger partial charge in [-0.1, -0.05) is 12.1 Å². The number of carboxylic acid groups (broad SMARTS) is 2. The van der Waals surface area contributed by atoms with Gasteiger partial charge < -0.3 is 41.1 Å². The summed E-state index contributed by atoms with van der Waals surface area (Å²) in [6, 6.07) is 10.1. The third kappa shape index (κ3) is 16.3. The Bertz CT molecular complexity index is 2060. The molecule has 1 heterocycles. The predicted octanol–water partition coefficient (Wildman–Crippen LogP) is 3.98. The summed E-state index contributed by atoms with van der Waals surface area (Å²) in [5.41, 5.74) is 0.682. The van der Waals surface area contributed by atoms with Gasteiger partial charge >= 0.3 is 11.9 Å². The van der Waals surface area contributed by atoms with Crippen molar-refractivity contribution in [2.75, 3.05) is 32.1 Å². The molecule has 1 aliphatic rings. The predicted molar refractivity (Wildman–Crippen MR) is 236 cm³/mol. The number of hydrogen-bond donors (Lipinski definition) is 6. The van der Waals surface area contributed by atoms with E-state index < -0.39 is 58.9 Å². The number of carbonyl (C=O) groups is 8. The number of rotatable bonds is 26. The second-order valence-corrected chi connectivity index (χ2v) is 16.6. The molecule has 348 valence electrons. The Morgan fingerprint density at radius 1 is 0.797 bits per heavy atom. The second-order valence-electron chi connectivity index (χ2n) is 16.6.